The van der Waals surface area contributed by atoms with Crippen molar-refractivity contribution in [2.45, 2.75) is 13.3 Å². The van der Waals surface area contributed by atoms with Gasteiger partial charge in [-0.25, -0.2) is 0 Å². The molecule has 0 heterocycles. The van der Waals surface area contributed by atoms with Crippen molar-refractivity contribution in [1.82, 2.24) is 0 Å². The summed E-state index contributed by atoms with van der Waals surface area (Å²) in [5.74, 6) is -1.09. The third-order valence-electron chi connectivity index (χ3n) is 1.99. The van der Waals surface area contributed by atoms with Crippen LogP contribution in [-0.4, -0.2) is 23.7 Å². The van der Waals surface area contributed by atoms with Crippen molar-refractivity contribution >= 4 is 29.4 Å². The number of nitrogens with two attached hydrogens (primary N) is 1. The SMILES string of the molecule is CC(=O)CC(=O)C=NNc1ccc(C(N)=O)cc1. The lowest BCUT2D eigenvalue weighted by atomic mass is 10.2. The number of carbonyl (C=O) groups excluding carboxylic acids is 3. The maximum absolute atomic E-state index is 11.1. The van der Waals surface area contributed by atoms with Crippen LogP contribution in [0.2, 0.25) is 0 Å². The van der Waals surface area contributed by atoms with Crippen LogP contribution in [0.1, 0.15) is 23.7 Å². The van der Waals surface area contributed by atoms with E-state index in [0.29, 0.717) is 11.3 Å². The summed E-state index contributed by atoms with van der Waals surface area (Å²) in [6.45, 7) is 1.34. The molecule has 0 atom stereocenters. The molecule has 0 fully saturated rings. The van der Waals surface area contributed by atoms with E-state index in [-0.39, 0.29) is 18.0 Å². The monoisotopic (exact) mass is 247 g/mol. The number of ketones is 2. The highest BCUT2D eigenvalue weighted by Gasteiger charge is 2.01. The summed E-state index contributed by atoms with van der Waals surface area (Å²) in [5, 5.41) is 3.68. The second-order valence-corrected chi connectivity index (χ2v) is 3.66. The number of carbonyl (C=O) groups is 3. The molecular weight excluding hydrogens is 234 g/mol. The second kappa shape index (κ2) is 6.29. The van der Waals surface area contributed by atoms with Crippen molar-refractivity contribution in [2.24, 2.45) is 10.8 Å². The standard InChI is InChI=1S/C12H13N3O3/c1-8(16)6-11(17)7-14-15-10-4-2-9(3-5-10)12(13)18/h2-5,7,15H,6H2,1H3,(H2,13,18). The normalized spacial score (nSPS) is 10.3. The molecule has 0 spiro atoms. The van der Waals surface area contributed by atoms with E-state index in [4.69, 9.17) is 5.73 Å². The van der Waals surface area contributed by atoms with Gasteiger partial charge in [-0.3, -0.25) is 19.8 Å². The molecule has 0 aromatic heterocycles. The number of benzene rings is 1. The van der Waals surface area contributed by atoms with Crippen LogP contribution < -0.4 is 11.2 Å². The van der Waals surface area contributed by atoms with Gasteiger partial charge in [0.05, 0.1) is 18.3 Å². The summed E-state index contributed by atoms with van der Waals surface area (Å²) in [7, 11) is 0. The Kier molecular flexibility index (Phi) is 4.74. The largest absolute Gasteiger partial charge is 0.366 e. The molecule has 94 valence electrons. The third kappa shape index (κ3) is 4.56. The molecule has 0 aliphatic carbocycles. The average Bonchev–Trinajstić information content (AvgIpc) is 2.28. The molecule has 0 radical (unpaired) electrons. The van der Waals surface area contributed by atoms with Gasteiger partial charge in [-0.1, -0.05) is 0 Å². The van der Waals surface area contributed by atoms with Crippen LogP contribution in [0.3, 0.4) is 0 Å². The highest BCUT2D eigenvalue weighted by Crippen LogP contribution is 2.08. The summed E-state index contributed by atoms with van der Waals surface area (Å²) in [6.07, 6.45) is 0.884. The summed E-state index contributed by atoms with van der Waals surface area (Å²) in [4.78, 5) is 32.6. The molecule has 0 saturated heterocycles. The predicted octanol–water partition coefficient (Wildman–Crippen LogP) is 0.731. The number of nitrogens with one attached hydrogen (secondary N) is 1. The zero-order valence-corrected chi connectivity index (χ0v) is 9.84. The molecular formula is C12H13N3O3. The summed E-state index contributed by atoms with van der Waals surface area (Å²) < 4.78 is 0. The summed E-state index contributed by atoms with van der Waals surface area (Å²) in [6, 6.07) is 6.29. The van der Waals surface area contributed by atoms with Gasteiger partial charge in [0.25, 0.3) is 0 Å². The molecule has 1 rings (SSSR count). The first-order valence-electron chi connectivity index (χ1n) is 5.20. The lowest BCUT2D eigenvalue weighted by Crippen LogP contribution is -2.10. The number of anilines is 1. The quantitative estimate of drug-likeness (QED) is 0.439. The van der Waals surface area contributed by atoms with E-state index in [1.165, 1.54) is 19.1 Å². The first kappa shape index (κ1) is 13.6. The van der Waals surface area contributed by atoms with Gasteiger partial charge in [0, 0.05) is 5.56 Å². The third-order valence-corrected chi connectivity index (χ3v) is 1.99. The minimum absolute atomic E-state index is 0.161. The Balaban J connectivity index is 2.53. The molecule has 0 unspecified atom stereocenters. The van der Waals surface area contributed by atoms with Crippen LogP contribution in [0.15, 0.2) is 29.4 Å². The number of hydrogen-bond donors (Lipinski definition) is 2. The second-order valence-electron chi connectivity index (χ2n) is 3.66. The minimum atomic E-state index is -0.512. The number of hydrogen-bond acceptors (Lipinski definition) is 5. The molecule has 0 aliphatic rings. The average molecular weight is 247 g/mol. The minimum Gasteiger partial charge on any atom is -0.366 e. The molecule has 0 saturated carbocycles. The fraction of sp³-hybridized carbons (Fsp3) is 0.167. The Morgan fingerprint density at radius 3 is 2.39 bits per heavy atom. The van der Waals surface area contributed by atoms with Crippen LogP contribution >= 0.6 is 0 Å². The van der Waals surface area contributed by atoms with Gasteiger partial charge in [-0.15, -0.1) is 0 Å². The highest BCUT2D eigenvalue weighted by atomic mass is 16.1. The van der Waals surface area contributed by atoms with Gasteiger partial charge in [-0.2, -0.15) is 5.10 Å². The Hall–Kier alpha value is -2.50. The van der Waals surface area contributed by atoms with Crippen LogP contribution in [0.5, 0.6) is 0 Å². The number of primary amides is 1. The lowest BCUT2D eigenvalue weighted by Gasteiger charge is -2.00. The van der Waals surface area contributed by atoms with Gasteiger partial charge in [0.15, 0.2) is 5.78 Å². The first-order chi connectivity index (χ1) is 8.49. The molecule has 1 aromatic carbocycles. The summed E-state index contributed by atoms with van der Waals surface area (Å²) >= 11 is 0. The Morgan fingerprint density at radius 2 is 1.89 bits per heavy atom. The number of hydrazone groups is 1. The zero-order chi connectivity index (χ0) is 13.5. The van der Waals surface area contributed by atoms with Gasteiger partial charge in [0.1, 0.15) is 5.78 Å². The topological polar surface area (TPSA) is 102 Å². The van der Waals surface area contributed by atoms with Crippen LogP contribution in [0.4, 0.5) is 5.69 Å². The molecule has 18 heavy (non-hydrogen) atoms. The van der Waals surface area contributed by atoms with E-state index in [2.05, 4.69) is 10.5 Å². The van der Waals surface area contributed by atoms with E-state index in [9.17, 15) is 14.4 Å². The number of rotatable bonds is 6. The number of amides is 1. The smallest absolute Gasteiger partial charge is 0.248 e. The number of nitrogens with zero attached hydrogens (tertiary/aromatic N) is 1. The molecule has 0 bridgehead atoms. The van der Waals surface area contributed by atoms with Gasteiger partial charge < -0.3 is 5.73 Å². The van der Waals surface area contributed by atoms with E-state index < -0.39 is 5.91 Å². The highest BCUT2D eigenvalue weighted by molar-refractivity contribution is 6.31. The fourth-order valence-corrected chi connectivity index (χ4v) is 1.18. The molecule has 1 amide bonds. The maximum atomic E-state index is 11.1. The van der Waals surface area contributed by atoms with Crippen molar-refractivity contribution in [3.05, 3.63) is 29.8 Å². The van der Waals surface area contributed by atoms with Crippen molar-refractivity contribution in [3.63, 3.8) is 0 Å². The Bertz CT molecular complexity index is 492. The lowest BCUT2D eigenvalue weighted by molar-refractivity contribution is -0.122. The van der Waals surface area contributed by atoms with Gasteiger partial charge in [-0.05, 0) is 31.2 Å². The van der Waals surface area contributed by atoms with Gasteiger partial charge >= 0.3 is 0 Å². The predicted molar refractivity (Wildman–Crippen MR) is 67.4 cm³/mol. The van der Waals surface area contributed by atoms with E-state index in [1.807, 2.05) is 0 Å². The molecule has 6 heteroatoms. The molecule has 6 nitrogen and oxygen atoms in total. The molecule has 1 aromatic rings. The van der Waals surface area contributed by atoms with Crippen molar-refractivity contribution in [1.29, 1.82) is 0 Å². The van der Waals surface area contributed by atoms with Gasteiger partial charge in [0.2, 0.25) is 5.91 Å². The van der Waals surface area contributed by atoms with Crippen molar-refractivity contribution < 1.29 is 14.4 Å². The Morgan fingerprint density at radius 1 is 1.28 bits per heavy atom. The number of Topliss-reactive ketones (excluding diaryl/α,β-unsaturated/α-hetero) is 2. The fourth-order valence-electron chi connectivity index (χ4n) is 1.18. The van der Waals surface area contributed by atoms with Crippen molar-refractivity contribution in [3.8, 4) is 0 Å². The maximum Gasteiger partial charge on any atom is 0.248 e. The van der Waals surface area contributed by atoms with E-state index >= 15 is 0 Å². The Labute approximate surface area is 104 Å². The van der Waals surface area contributed by atoms with E-state index in [1.54, 1.807) is 12.1 Å². The van der Waals surface area contributed by atoms with Crippen molar-refractivity contribution in [2.75, 3.05) is 5.43 Å². The molecule has 3 N–H and O–H groups in total. The van der Waals surface area contributed by atoms with E-state index in [0.717, 1.165) is 6.21 Å². The molecule has 0 aliphatic heterocycles. The zero-order valence-electron chi connectivity index (χ0n) is 9.84. The van der Waals surface area contributed by atoms with Crippen LogP contribution in [0.25, 0.3) is 0 Å². The first-order valence-corrected chi connectivity index (χ1v) is 5.20. The van der Waals surface area contributed by atoms with Crippen LogP contribution in [0, 0.1) is 0 Å². The van der Waals surface area contributed by atoms with Crippen LogP contribution in [-0.2, 0) is 9.59 Å². The summed E-state index contributed by atoms with van der Waals surface area (Å²) in [5.41, 5.74) is 8.67.